The van der Waals surface area contributed by atoms with Crippen molar-refractivity contribution in [1.82, 2.24) is 9.21 Å². The summed E-state index contributed by atoms with van der Waals surface area (Å²) < 4.78 is 34.7. The molecular weight excluding hydrogens is 669 g/mol. The fraction of sp³-hybridized carbons (Fsp3) is 0.875. The van der Waals surface area contributed by atoms with E-state index in [0.29, 0.717) is 51.4 Å². The highest BCUT2D eigenvalue weighted by Gasteiger charge is 2.69. The van der Waals surface area contributed by atoms with Crippen LogP contribution in [0.25, 0.3) is 0 Å². The highest BCUT2D eigenvalue weighted by molar-refractivity contribution is 7.89. The van der Waals surface area contributed by atoms with Gasteiger partial charge in [-0.1, -0.05) is 58.8 Å². The maximum atomic E-state index is 14.5. The number of fused-ring (bicyclic) bond motifs is 3. The summed E-state index contributed by atoms with van der Waals surface area (Å²) in [6.07, 6.45) is 13.1. The lowest BCUT2D eigenvalue weighted by molar-refractivity contribution is -0.147. The Kier molecular flexibility index (Phi) is 12.3. The average molecular weight is 731 g/mol. The van der Waals surface area contributed by atoms with Crippen LogP contribution in [0.1, 0.15) is 136 Å². The highest BCUT2D eigenvalue weighted by atomic mass is 32.2. The number of ether oxygens (including phenoxy) is 1. The Morgan fingerprint density at radius 3 is 2.22 bits per heavy atom. The molecule has 0 bridgehead atoms. The van der Waals surface area contributed by atoms with Crippen molar-refractivity contribution in [1.29, 1.82) is 0 Å². The molecule has 3 saturated heterocycles. The topological polar surface area (TPSA) is 135 Å². The van der Waals surface area contributed by atoms with Gasteiger partial charge in [0.15, 0.2) is 11.6 Å². The van der Waals surface area contributed by atoms with Gasteiger partial charge < -0.3 is 9.64 Å². The molecule has 3 heterocycles. The SMILES string of the molecule is CC1(C)[C@@H]2[C@H]3C(=O)C[C@H](C(=O)C(=O)CC4CC4)CCCCCCCOC[C@H](CC(=O)CC4(CS(=O)(=O)N5CCCC5)CCCCC4)C(=O)N3C[C@@H]21. The van der Waals surface area contributed by atoms with E-state index < -0.39 is 39.1 Å². The predicted octanol–water partition coefficient (Wildman–Crippen LogP) is 5.70. The van der Waals surface area contributed by atoms with E-state index in [1.165, 1.54) is 0 Å². The molecule has 1 amide bonds. The first-order valence-electron chi connectivity index (χ1n) is 20.3. The van der Waals surface area contributed by atoms with Crippen molar-refractivity contribution in [2.24, 2.45) is 40.4 Å². The smallest absolute Gasteiger partial charge is 0.229 e. The van der Waals surface area contributed by atoms with Crippen LogP contribution in [0.2, 0.25) is 0 Å². The molecule has 5 atom stereocenters. The Morgan fingerprint density at radius 2 is 1.51 bits per heavy atom. The van der Waals surface area contributed by atoms with Crippen LogP contribution in [0.15, 0.2) is 0 Å². The van der Waals surface area contributed by atoms with E-state index in [4.69, 9.17) is 4.74 Å². The lowest BCUT2D eigenvalue weighted by Gasteiger charge is -2.38. The van der Waals surface area contributed by atoms with E-state index in [2.05, 4.69) is 13.8 Å². The number of nitrogens with zero attached hydrogens (tertiary/aromatic N) is 2. The van der Waals surface area contributed by atoms with Gasteiger partial charge in [0.25, 0.3) is 0 Å². The van der Waals surface area contributed by atoms with Crippen molar-refractivity contribution in [3.63, 3.8) is 0 Å². The van der Waals surface area contributed by atoms with Crippen LogP contribution < -0.4 is 0 Å². The van der Waals surface area contributed by atoms with Crippen LogP contribution in [0, 0.1) is 40.4 Å². The van der Waals surface area contributed by atoms with Crippen molar-refractivity contribution in [3.8, 4) is 0 Å². The summed E-state index contributed by atoms with van der Waals surface area (Å²) in [5.41, 5.74) is -0.746. The number of hydrogen-bond donors (Lipinski definition) is 0. The molecule has 11 heteroatoms. The first-order valence-corrected chi connectivity index (χ1v) is 21.9. The molecule has 3 aliphatic carbocycles. The number of ketones is 4. The normalized spacial score (nSPS) is 32.3. The highest BCUT2D eigenvalue weighted by Crippen LogP contribution is 2.65. The van der Waals surface area contributed by atoms with Crippen LogP contribution in [0.5, 0.6) is 0 Å². The Labute approximate surface area is 305 Å². The minimum absolute atomic E-state index is 0.0228. The summed E-state index contributed by atoms with van der Waals surface area (Å²) in [6.45, 7) is 6.31. The Balaban J connectivity index is 1.20. The number of hydrogen-bond acceptors (Lipinski definition) is 8. The van der Waals surface area contributed by atoms with E-state index in [1.54, 1.807) is 9.21 Å². The maximum Gasteiger partial charge on any atom is 0.229 e. The molecule has 3 saturated carbocycles. The minimum atomic E-state index is -3.50. The predicted molar refractivity (Wildman–Crippen MR) is 193 cm³/mol. The van der Waals surface area contributed by atoms with Crippen molar-refractivity contribution in [2.45, 2.75) is 142 Å². The van der Waals surface area contributed by atoms with Crippen molar-refractivity contribution < 1.29 is 37.1 Å². The number of rotatable bonds is 11. The number of carbonyl (C=O) groups excluding carboxylic acids is 5. The number of piperidine rings is 1. The molecule has 0 radical (unpaired) electrons. The molecule has 0 N–H and O–H groups in total. The van der Waals surface area contributed by atoms with E-state index in [0.717, 1.165) is 77.0 Å². The van der Waals surface area contributed by atoms with E-state index in [1.807, 2.05) is 0 Å². The molecule has 6 rings (SSSR count). The molecule has 0 unspecified atom stereocenters. The minimum Gasteiger partial charge on any atom is -0.381 e. The van der Waals surface area contributed by atoms with Crippen LogP contribution in [0.4, 0.5) is 0 Å². The van der Waals surface area contributed by atoms with Crippen molar-refractivity contribution in [2.75, 3.05) is 38.6 Å². The second-order valence-electron chi connectivity index (χ2n) is 17.9. The standard InChI is InChI=1S/C40H62N2O8S/c1-39(2)32-25-42-36(35(32)39)33(44)23-29(37(46)34(45)21-28-14-15-28)13-7-4-3-5-12-20-50-26-30(38(42)47)22-31(43)24-40(16-8-6-9-17-40)27-51(48,49)41-18-10-11-19-41/h28-30,32,35-36H,3-27H2,1-2H3/t29-,30+,32+,35+,36-/m1/s1. The third kappa shape index (κ3) is 9.22. The van der Waals surface area contributed by atoms with Crippen LogP contribution in [0.3, 0.4) is 0 Å². The van der Waals surface area contributed by atoms with Gasteiger partial charge in [0.2, 0.25) is 21.7 Å². The van der Waals surface area contributed by atoms with E-state index >= 15 is 0 Å². The zero-order valence-corrected chi connectivity index (χ0v) is 32.0. The van der Waals surface area contributed by atoms with Crippen LogP contribution in [-0.2, 0) is 38.7 Å². The van der Waals surface area contributed by atoms with Gasteiger partial charge in [0.05, 0.1) is 24.3 Å². The average Bonchev–Trinajstić information content (AvgIpc) is 3.76. The second kappa shape index (κ2) is 16.2. The van der Waals surface area contributed by atoms with Gasteiger partial charge in [-0.2, -0.15) is 0 Å². The summed E-state index contributed by atoms with van der Waals surface area (Å²) in [4.78, 5) is 70.9. The summed E-state index contributed by atoms with van der Waals surface area (Å²) in [7, 11) is -3.50. The number of amides is 1. The molecule has 286 valence electrons. The Hall–Kier alpha value is -1.98. The molecule has 0 aromatic rings. The number of sulfonamides is 1. The zero-order valence-electron chi connectivity index (χ0n) is 31.2. The number of carbonyl (C=O) groups is 5. The molecule has 51 heavy (non-hydrogen) atoms. The van der Waals surface area contributed by atoms with Gasteiger partial charge in [0.1, 0.15) is 5.78 Å². The van der Waals surface area contributed by atoms with Crippen molar-refractivity contribution >= 4 is 39.1 Å². The first kappa shape index (κ1) is 38.7. The fourth-order valence-electron chi connectivity index (χ4n) is 10.2. The summed E-state index contributed by atoms with van der Waals surface area (Å²) in [6, 6.07) is -0.688. The quantitative estimate of drug-likeness (QED) is 0.248. The summed E-state index contributed by atoms with van der Waals surface area (Å²) in [5, 5.41) is 0. The molecular formula is C40H62N2O8S. The molecule has 0 aromatic heterocycles. The lowest BCUT2D eigenvalue weighted by atomic mass is 9.71. The van der Waals surface area contributed by atoms with Crippen LogP contribution in [-0.4, -0.2) is 91.3 Å². The van der Waals surface area contributed by atoms with Gasteiger partial charge in [-0.25, -0.2) is 12.7 Å². The van der Waals surface area contributed by atoms with Gasteiger partial charge >= 0.3 is 0 Å². The van der Waals surface area contributed by atoms with E-state index in [-0.39, 0.29) is 78.6 Å². The third-order valence-electron chi connectivity index (χ3n) is 13.5. The first-order chi connectivity index (χ1) is 24.3. The second-order valence-corrected chi connectivity index (χ2v) is 19.8. The van der Waals surface area contributed by atoms with Crippen LogP contribution >= 0.6 is 0 Å². The monoisotopic (exact) mass is 730 g/mol. The molecule has 10 nitrogen and oxygen atoms in total. The van der Waals surface area contributed by atoms with Crippen molar-refractivity contribution in [3.05, 3.63) is 0 Å². The molecule has 3 aliphatic heterocycles. The van der Waals surface area contributed by atoms with Gasteiger partial charge in [-0.05, 0) is 80.0 Å². The van der Waals surface area contributed by atoms with E-state index in [9.17, 15) is 32.4 Å². The fourth-order valence-corrected chi connectivity index (χ4v) is 12.3. The summed E-state index contributed by atoms with van der Waals surface area (Å²) in [5.74, 6) is -2.31. The third-order valence-corrected chi connectivity index (χ3v) is 15.6. The molecule has 0 spiro atoms. The Bertz CT molecular complexity index is 1430. The largest absolute Gasteiger partial charge is 0.381 e. The molecule has 0 aromatic carbocycles. The van der Waals surface area contributed by atoms with Gasteiger partial charge in [0, 0.05) is 57.8 Å². The van der Waals surface area contributed by atoms with Gasteiger partial charge in [-0.3, -0.25) is 24.0 Å². The summed E-state index contributed by atoms with van der Waals surface area (Å²) >= 11 is 0. The molecule has 6 aliphatic rings. The zero-order chi connectivity index (χ0) is 36.4. The maximum absolute atomic E-state index is 14.5. The number of Topliss-reactive ketones (excluding diaryl/α,β-unsaturated/α-hetero) is 4. The van der Waals surface area contributed by atoms with Gasteiger partial charge in [-0.15, -0.1) is 0 Å². The molecule has 6 fully saturated rings. The lowest BCUT2D eigenvalue weighted by Crippen LogP contribution is -2.49. The Morgan fingerprint density at radius 1 is 0.843 bits per heavy atom.